The van der Waals surface area contributed by atoms with Gasteiger partial charge >= 0.3 is 0 Å². The third kappa shape index (κ3) is 6.96. The van der Waals surface area contributed by atoms with Gasteiger partial charge in [-0.1, -0.05) is 60.7 Å². The molecule has 2 aromatic carbocycles. The van der Waals surface area contributed by atoms with Gasteiger partial charge in [-0.05, 0) is 24.5 Å². The second-order valence-electron chi connectivity index (χ2n) is 7.84. The Labute approximate surface area is 197 Å². The summed E-state index contributed by atoms with van der Waals surface area (Å²) >= 11 is 0. The number of aliphatic hydroxyl groups is 1. The molecule has 1 saturated heterocycles. The van der Waals surface area contributed by atoms with Crippen LogP contribution in [0, 0.1) is 5.92 Å². The van der Waals surface area contributed by atoms with Gasteiger partial charge in [-0.2, -0.15) is 0 Å². The van der Waals surface area contributed by atoms with Gasteiger partial charge in [0.2, 0.25) is 0 Å². The van der Waals surface area contributed by atoms with Gasteiger partial charge in [0.05, 0.1) is 13.2 Å². The Morgan fingerprint density at radius 3 is 2.43 bits per heavy atom. The Hall–Kier alpha value is -1.64. The first-order valence-corrected chi connectivity index (χ1v) is 10.5. The highest BCUT2D eigenvalue weighted by atomic mass is 127. The molecule has 1 heterocycles. The number of nitrogens with one attached hydrogen (secondary N) is 1. The van der Waals surface area contributed by atoms with Crippen LogP contribution in [0.15, 0.2) is 65.7 Å². The Morgan fingerprint density at radius 1 is 1.17 bits per heavy atom. The summed E-state index contributed by atoms with van der Waals surface area (Å²) in [5, 5.41) is 15.0. The molecular weight excluding hydrogens is 489 g/mol. The third-order valence-electron chi connectivity index (χ3n) is 5.39. The van der Waals surface area contributed by atoms with Gasteiger partial charge in [-0.25, -0.2) is 4.99 Å². The van der Waals surface area contributed by atoms with Gasteiger partial charge in [-0.3, -0.25) is 0 Å². The first-order valence-electron chi connectivity index (χ1n) is 10.5. The monoisotopic (exact) mass is 523 g/mol. The van der Waals surface area contributed by atoms with Crippen molar-refractivity contribution in [2.24, 2.45) is 10.9 Å². The van der Waals surface area contributed by atoms with Crippen molar-refractivity contribution in [1.29, 1.82) is 0 Å². The molecule has 5 nitrogen and oxygen atoms in total. The van der Waals surface area contributed by atoms with Gasteiger partial charge in [0, 0.05) is 39.1 Å². The zero-order valence-electron chi connectivity index (χ0n) is 18.0. The highest BCUT2D eigenvalue weighted by Gasteiger charge is 2.30. The number of benzene rings is 2. The van der Waals surface area contributed by atoms with Crippen LogP contribution in [0.1, 0.15) is 24.5 Å². The van der Waals surface area contributed by atoms with Crippen molar-refractivity contribution < 1.29 is 9.84 Å². The predicted octanol–water partition coefficient (Wildman–Crippen LogP) is 3.67. The summed E-state index contributed by atoms with van der Waals surface area (Å²) in [6.45, 7) is 5.69. The molecule has 2 unspecified atom stereocenters. The quantitative estimate of drug-likeness (QED) is 0.315. The summed E-state index contributed by atoms with van der Waals surface area (Å²) in [4.78, 5) is 6.99. The lowest BCUT2D eigenvalue weighted by Crippen LogP contribution is -2.43. The summed E-state index contributed by atoms with van der Waals surface area (Å²) in [5.74, 6) is 1.35. The van der Waals surface area contributed by atoms with Crippen LogP contribution in [0.3, 0.4) is 0 Å². The summed E-state index contributed by atoms with van der Waals surface area (Å²) in [6.07, 6.45) is 1.60. The summed E-state index contributed by atoms with van der Waals surface area (Å²) in [5.41, 5.74) is 0.909. The molecule has 2 N–H and O–H groups in total. The van der Waals surface area contributed by atoms with Crippen molar-refractivity contribution in [3.63, 3.8) is 0 Å². The van der Waals surface area contributed by atoms with Crippen molar-refractivity contribution in [3.8, 4) is 0 Å². The fourth-order valence-electron chi connectivity index (χ4n) is 3.81. The lowest BCUT2D eigenvalue weighted by Gasteiger charge is -2.29. The Kier molecular flexibility index (Phi) is 10.1. The van der Waals surface area contributed by atoms with Crippen LogP contribution in [-0.4, -0.2) is 55.9 Å². The van der Waals surface area contributed by atoms with Crippen LogP contribution in [0.4, 0.5) is 0 Å². The van der Waals surface area contributed by atoms with E-state index in [9.17, 15) is 5.11 Å². The molecule has 2 aromatic rings. The molecule has 0 amide bonds. The van der Waals surface area contributed by atoms with E-state index >= 15 is 0 Å². The van der Waals surface area contributed by atoms with E-state index in [0.717, 1.165) is 49.8 Å². The minimum Gasteiger partial charge on any atom is -0.383 e. The molecule has 0 radical (unpaired) electrons. The third-order valence-corrected chi connectivity index (χ3v) is 5.39. The van der Waals surface area contributed by atoms with Crippen molar-refractivity contribution in [2.75, 3.05) is 39.9 Å². The molecule has 1 aliphatic rings. The molecule has 3 rings (SSSR count). The fourth-order valence-corrected chi connectivity index (χ4v) is 3.81. The van der Waals surface area contributed by atoms with Crippen LogP contribution >= 0.6 is 24.0 Å². The average molecular weight is 523 g/mol. The average Bonchev–Trinajstić information content (AvgIpc) is 3.25. The SMILES string of the molecule is CCNC(=NCC(O)(Cc1ccccc1)c1ccccc1)N(C)CC1CCOC1.I. The summed E-state index contributed by atoms with van der Waals surface area (Å²) in [6, 6.07) is 20.0. The highest BCUT2D eigenvalue weighted by Crippen LogP contribution is 2.26. The minimum atomic E-state index is -1.07. The van der Waals surface area contributed by atoms with E-state index < -0.39 is 5.60 Å². The van der Waals surface area contributed by atoms with Crippen molar-refractivity contribution in [3.05, 3.63) is 71.8 Å². The van der Waals surface area contributed by atoms with E-state index in [0.29, 0.717) is 18.9 Å². The maximum Gasteiger partial charge on any atom is 0.193 e. The van der Waals surface area contributed by atoms with Crippen molar-refractivity contribution in [2.45, 2.75) is 25.4 Å². The maximum atomic E-state index is 11.6. The molecule has 0 aromatic heterocycles. The maximum absolute atomic E-state index is 11.6. The molecule has 164 valence electrons. The first kappa shape index (κ1) is 24.6. The topological polar surface area (TPSA) is 57.1 Å². The molecule has 1 aliphatic heterocycles. The fraction of sp³-hybridized carbons (Fsp3) is 0.458. The van der Waals surface area contributed by atoms with Gasteiger partial charge in [0.25, 0.3) is 0 Å². The molecule has 1 fully saturated rings. The Balaban J connectivity index is 0.00000320. The summed E-state index contributed by atoms with van der Waals surface area (Å²) < 4.78 is 5.51. The molecule has 30 heavy (non-hydrogen) atoms. The lowest BCUT2D eigenvalue weighted by molar-refractivity contribution is 0.0464. The zero-order valence-corrected chi connectivity index (χ0v) is 20.3. The first-order chi connectivity index (χ1) is 14.1. The minimum absolute atomic E-state index is 0. The van der Waals surface area contributed by atoms with Crippen LogP contribution in [-0.2, 0) is 16.8 Å². The molecule has 0 spiro atoms. The summed E-state index contributed by atoms with van der Waals surface area (Å²) in [7, 11) is 2.05. The van der Waals surface area contributed by atoms with Crippen LogP contribution in [0.5, 0.6) is 0 Å². The number of nitrogens with zero attached hydrogens (tertiary/aromatic N) is 2. The number of ether oxygens (including phenoxy) is 1. The van der Waals surface area contributed by atoms with Crippen LogP contribution in [0.2, 0.25) is 0 Å². The standard InChI is InChI=1S/C24H33N3O2.HI/c1-3-25-23(27(2)17-21-14-15-29-18-21)26-19-24(28,22-12-8-5-9-13-22)16-20-10-6-4-7-11-20;/h4-13,21,28H,3,14-19H2,1-2H3,(H,25,26);1H. The largest absolute Gasteiger partial charge is 0.383 e. The van der Waals surface area contributed by atoms with E-state index in [-0.39, 0.29) is 24.0 Å². The molecule has 6 heteroatoms. The van der Waals surface area contributed by atoms with E-state index in [4.69, 9.17) is 9.73 Å². The van der Waals surface area contributed by atoms with Crippen molar-refractivity contribution in [1.82, 2.24) is 10.2 Å². The number of halogens is 1. The second-order valence-corrected chi connectivity index (χ2v) is 7.84. The second kappa shape index (κ2) is 12.3. The number of rotatable bonds is 8. The number of aliphatic imine (C=N–C) groups is 1. The van der Waals surface area contributed by atoms with Crippen LogP contribution in [0.25, 0.3) is 0 Å². The molecule has 2 atom stereocenters. The number of hydrogen-bond donors (Lipinski definition) is 2. The lowest BCUT2D eigenvalue weighted by atomic mass is 9.87. The molecular formula is C24H34IN3O2. The van der Waals surface area contributed by atoms with E-state index in [1.807, 2.05) is 48.5 Å². The Morgan fingerprint density at radius 2 is 1.83 bits per heavy atom. The molecule has 0 bridgehead atoms. The number of guanidine groups is 1. The van der Waals surface area contributed by atoms with Crippen LogP contribution < -0.4 is 5.32 Å². The van der Waals surface area contributed by atoms with Crippen molar-refractivity contribution >= 4 is 29.9 Å². The molecule has 0 saturated carbocycles. The van der Waals surface area contributed by atoms with Gasteiger partial charge in [-0.15, -0.1) is 24.0 Å². The predicted molar refractivity (Wildman–Crippen MR) is 133 cm³/mol. The van der Waals surface area contributed by atoms with Gasteiger partial charge in [0.15, 0.2) is 5.96 Å². The molecule has 0 aliphatic carbocycles. The number of hydrogen-bond acceptors (Lipinski definition) is 3. The van der Waals surface area contributed by atoms with E-state index in [2.05, 4.69) is 36.3 Å². The van der Waals surface area contributed by atoms with Gasteiger partial charge < -0.3 is 20.1 Å². The zero-order chi connectivity index (χ0) is 20.5. The Bertz CT molecular complexity index is 767. The smallest absolute Gasteiger partial charge is 0.193 e. The van der Waals surface area contributed by atoms with E-state index in [1.165, 1.54) is 0 Å². The normalized spacial score (nSPS) is 18.4. The highest BCUT2D eigenvalue weighted by molar-refractivity contribution is 14.0. The van der Waals surface area contributed by atoms with E-state index in [1.54, 1.807) is 0 Å². The van der Waals surface area contributed by atoms with Gasteiger partial charge in [0.1, 0.15) is 5.60 Å².